The molecule has 0 aliphatic carbocycles. The van der Waals surface area contributed by atoms with Crippen LogP contribution < -0.4 is 10.3 Å². The maximum atomic E-state index is 14.0. The van der Waals surface area contributed by atoms with E-state index in [2.05, 4.69) is 6.58 Å². The molecule has 2 unspecified atom stereocenters. The van der Waals surface area contributed by atoms with Gasteiger partial charge < -0.3 is 19.3 Å². The number of aliphatic hydroxyl groups is 1. The van der Waals surface area contributed by atoms with E-state index in [0.717, 1.165) is 0 Å². The first-order chi connectivity index (χ1) is 14.9. The number of aliphatic hydroxyl groups excluding tert-OH is 1. The van der Waals surface area contributed by atoms with E-state index in [4.69, 9.17) is 4.42 Å². The molecule has 0 saturated carbocycles. The van der Waals surface area contributed by atoms with Gasteiger partial charge in [0.1, 0.15) is 5.58 Å². The van der Waals surface area contributed by atoms with Gasteiger partial charge in [0.25, 0.3) is 11.8 Å². The summed E-state index contributed by atoms with van der Waals surface area (Å²) in [5, 5.41) is 10.5. The summed E-state index contributed by atoms with van der Waals surface area (Å²) in [6.07, 6.45) is 0.667. The number of hydrogen-bond acceptors (Lipinski definition) is 5. The lowest BCUT2D eigenvalue weighted by atomic mass is 9.84. The number of nitrogens with zero attached hydrogens (tertiary/aromatic N) is 2. The molecular weight excluding hydrogens is 396 g/mol. The molecule has 156 valence electrons. The van der Waals surface area contributed by atoms with Crippen molar-refractivity contribution in [3.05, 3.63) is 88.3 Å². The summed E-state index contributed by atoms with van der Waals surface area (Å²) in [4.78, 5) is 44.0. The third-order valence-corrected chi connectivity index (χ3v) is 5.90. The van der Waals surface area contributed by atoms with Crippen molar-refractivity contribution in [3.63, 3.8) is 0 Å². The van der Waals surface area contributed by atoms with E-state index in [0.29, 0.717) is 16.6 Å². The van der Waals surface area contributed by atoms with Crippen LogP contribution in [0.2, 0.25) is 0 Å². The van der Waals surface area contributed by atoms with Crippen LogP contribution in [0, 0.1) is 0 Å². The second-order valence-electron chi connectivity index (χ2n) is 7.83. The Kier molecular flexibility index (Phi) is 4.13. The van der Waals surface area contributed by atoms with Crippen molar-refractivity contribution in [1.29, 1.82) is 0 Å². The quantitative estimate of drug-likeness (QED) is 0.660. The van der Waals surface area contributed by atoms with Crippen LogP contribution in [-0.2, 0) is 10.3 Å². The summed E-state index contributed by atoms with van der Waals surface area (Å²) in [6.45, 7) is 5.34. The molecule has 2 amide bonds. The number of benzene rings is 2. The topological polar surface area (TPSA) is 91.1 Å². The molecule has 7 heteroatoms. The second kappa shape index (κ2) is 6.65. The van der Waals surface area contributed by atoms with E-state index in [1.54, 1.807) is 54.6 Å². The smallest absolute Gasteiger partial charge is 0.291 e. The maximum Gasteiger partial charge on any atom is 0.291 e. The largest absolute Gasteiger partial charge is 0.450 e. The highest BCUT2D eigenvalue weighted by atomic mass is 16.3. The van der Waals surface area contributed by atoms with Crippen molar-refractivity contribution in [2.24, 2.45) is 0 Å². The summed E-state index contributed by atoms with van der Waals surface area (Å²) in [6, 6.07) is 13.7. The Morgan fingerprint density at radius 2 is 1.84 bits per heavy atom. The molecule has 31 heavy (non-hydrogen) atoms. The highest BCUT2D eigenvalue weighted by Crippen LogP contribution is 2.52. The lowest BCUT2D eigenvalue weighted by molar-refractivity contribution is -0.126. The summed E-state index contributed by atoms with van der Waals surface area (Å²) in [5.41, 5.74) is -0.750. The lowest BCUT2D eigenvalue weighted by Gasteiger charge is -2.34. The molecule has 1 spiro atoms. The fourth-order valence-electron chi connectivity index (χ4n) is 4.76. The zero-order chi connectivity index (χ0) is 21.9. The van der Waals surface area contributed by atoms with E-state index >= 15 is 0 Å². The zero-order valence-electron chi connectivity index (χ0n) is 16.9. The van der Waals surface area contributed by atoms with Crippen LogP contribution in [0.3, 0.4) is 0 Å². The van der Waals surface area contributed by atoms with Gasteiger partial charge in [-0.15, -0.1) is 6.58 Å². The SMILES string of the molecule is C=CCN1C(=O)C2(c3ccccc31)c1c(oc3ccccc3c1=O)C(=O)N2CC(C)O. The second-order valence-corrected chi connectivity index (χ2v) is 7.83. The fourth-order valence-corrected chi connectivity index (χ4v) is 4.76. The van der Waals surface area contributed by atoms with Crippen molar-refractivity contribution in [3.8, 4) is 0 Å². The van der Waals surface area contributed by atoms with Gasteiger partial charge in [0.2, 0.25) is 5.76 Å². The molecule has 0 saturated heterocycles. The van der Waals surface area contributed by atoms with Crippen molar-refractivity contribution < 1.29 is 19.1 Å². The number of anilines is 1. The Hall–Kier alpha value is -3.71. The fraction of sp³-hybridized carbons (Fsp3) is 0.208. The number of amides is 2. The van der Waals surface area contributed by atoms with Gasteiger partial charge in [-0.3, -0.25) is 14.4 Å². The molecule has 5 rings (SSSR count). The van der Waals surface area contributed by atoms with Gasteiger partial charge in [-0.1, -0.05) is 36.4 Å². The van der Waals surface area contributed by atoms with Gasteiger partial charge in [0.05, 0.1) is 22.7 Å². The molecule has 2 atom stereocenters. The monoisotopic (exact) mass is 416 g/mol. The molecule has 1 aromatic heterocycles. The Bertz CT molecular complexity index is 1330. The molecule has 7 nitrogen and oxygen atoms in total. The number of para-hydroxylation sites is 2. The number of carbonyl (C=O) groups excluding carboxylic acids is 2. The van der Waals surface area contributed by atoms with Gasteiger partial charge in [0.15, 0.2) is 11.0 Å². The third-order valence-electron chi connectivity index (χ3n) is 5.90. The highest BCUT2D eigenvalue weighted by Gasteiger charge is 2.64. The van der Waals surface area contributed by atoms with Crippen molar-refractivity contribution in [1.82, 2.24) is 4.90 Å². The number of fused-ring (bicyclic) bond motifs is 5. The normalized spacial score (nSPS) is 20.5. The molecule has 2 aromatic carbocycles. The van der Waals surface area contributed by atoms with E-state index in [1.165, 1.54) is 16.7 Å². The van der Waals surface area contributed by atoms with Crippen LogP contribution >= 0.6 is 0 Å². The standard InChI is InChI=1S/C24H20N2O5/c1-3-12-25-17-10-6-5-9-16(17)24(23(25)30)19-20(28)15-8-4-7-11-18(15)31-21(19)22(29)26(24)13-14(2)27/h3-11,14,27H,1,12-13H2,2H3. The number of rotatable bonds is 4. The van der Waals surface area contributed by atoms with Crippen LogP contribution in [0.4, 0.5) is 5.69 Å². The summed E-state index contributed by atoms with van der Waals surface area (Å²) in [7, 11) is 0. The van der Waals surface area contributed by atoms with Crippen molar-refractivity contribution >= 4 is 28.5 Å². The first kappa shape index (κ1) is 19.3. The average molecular weight is 416 g/mol. The van der Waals surface area contributed by atoms with Gasteiger partial charge in [-0.2, -0.15) is 0 Å². The molecule has 0 radical (unpaired) electrons. The van der Waals surface area contributed by atoms with Crippen molar-refractivity contribution in [2.75, 3.05) is 18.0 Å². The van der Waals surface area contributed by atoms with Crippen LogP contribution in [-0.4, -0.2) is 41.0 Å². The Morgan fingerprint density at radius 3 is 2.58 bits per heavy atom. The van der Waals surface area contributed by atoms with E-state index in [9.17, 15) is 19.5 Å². The first-order valence-corrected chi connectivity index (χ1v) is 10.0. The minimum absolute atomic E-state index is 0.000798. The lowest BCUT2D eigenvalue weighted by Crippen LogP contribution is -2.55. The number of carbonyl (C=O) groups is 2. The average Bonchev–Trinajstić information content (AvgIpc) is 3.14. The molecule has 3 aromatic rings. The van der Waals surface area contributed by atoms with Crippen LogP contribution in [0.15, 0.2) is 70.4 Å². The minimum atomic E-state index is -1.70. The van der Waals surface area contributed by atoms with E-state index in [-0.39, 0.29) is 30.0 Å². The molecule has 1 N–H and O–H groups in total. The maximum absolute atomic E-state index is 14.0. The van der Waals surface area contributed by atoms with Crippen LogP contribution in [0.1, 0.15) is 28.6 Å². The number of β-amino-alcohol motifs (C(OH)–C–C–N with tert-alkyl or cyclic N) is 1. The molecular formula is C24H20N2O5. The Balaban J connectivity index is 1.93. The summed E-state index contributed by atoms with van der Waals surface area (Å²) < 4.78 is 5.89. The van der Waals surface area contributed by atoms with Gasteiger partial charge in [0, 0.05) is 18.7 Å². The predicted octanol–water partition coefficient (Wildman–Crippen LogP) is 2.41. The predicted molar refractivity (Wildman–Crippen MR) is 115 cm³/mol. The van der Waals surface area contributed by atoms with E-state index < -0.39 is 28.9 Å². The van der Waals surface area contributed by atoms with Gasteiger partial charge in [-0.25, -0.2) is 0 Å². The molecule has 3 heterocycles. The summed E-state index contributed by atoms with van der Waals surface area (Å²) >= 11 is 0. The number of hydrogen-bond donors (Lipinski definition) is 1. The molecule has 0 fully saturated rings. The molecule has 2 aliphatic rings. The third kappa shape index (κ3) is 2.35. The summed E-state index contributed by atoms with van der Waals surface area (Å²) in [5.74, 6) is -1.20. The van der Waals surface area contributed by atoms with Gasteiger partial charge >= 0.3 is 0 Å². The van der Waals surface area contributed by atoms with E-state index in [1.807, 2.05) is 0 Å². The Labute approximate surface area is 177 Å². The first-order valence-electron chi connectivity index (χ1n) is 10.0. The van der Waals surface area contributed by atoms with Crippen LogP contribution in [0.25, 0.3) is 11.0 Å². The zero-order valence-corrected chi connectivity index (χ0v) is 16.9. The minimum Gasteiger partial charge on any atom is -0.450 e. The highest BCUT2D eigenvalue weighted by molar-refractivity contribution is 6.17. The molecule has 2 aliphatic heterocycles. The van der Waals surface area contributed by atoms with Crippen LogP contribution in [0.5, 0.6) is 0 Å². The Morgan fingerprint density at radius 1 is 1.13 bits per heavy atom. The van der Waals surface area contributed by atoms with Gasteiger partial charge in [-0.05, 0) is 25.1 Å². The van der Waals surface area contributed by atoms with Crippen molar-refractivity contribution in [2.45, 2.75) is 18.6 Å². The molecule has 0 bridgehead atoms.